The molecule has 134 heavy (non-hydrogen) atoms. The van der Waals surface area contributed by atoms with Crippen LogP contribution in [0, 0.1) is 23.7 Å². The standard InChI is InChI=1S/C77H128N22O32S3/c1-34(2)20-43(91-63(116)38(79)32-132)70(123)89-40(14-16-57(108)109)67(120)93-45(22-58(110)111)64(117)85-29-56(107)86-39(13-15-51(80)102)69(122)98-61(36(5)6)75(128)90-41(17-19-134-9)68(121)94-47(24-60(114)115)73(126)99-62(37(7)8)76(129)95-46(23-59(112)113)72(125)92-44(21-35(3)4)71(124)97-50(33-133)66(119)84-26-53(104)82-28-55(106)88-49(31-101)74(127)96-48(30-100)65(118)83-25-52(103)81-27-54(105)87-42(77(130)131)12-10-11-18-78/h34-50,61-62,100-101,132-133H,10-33,78-79H2,1-9H3,(H2,80,102)(H,81,103)(H,82,104)(H,83,118)(H,84,119)(H,85,117)(H,86,107)(H,87,105)(H,88,106)(H,89,123)(H,90,128)(H,91,116)(H,92,125)(H,93,120)(H,94,121)(H,95,129)(H,96,127)(H,97,124)(H,98,122)(H,99,126)(H,108,109)(H,110,111)(H,112,113)(H,114,115)(H,130,131)/t38-,39-,40-,41-,42-,43-,44-,45-,46-,47-,48-,49-,50-,61-,62-/m0/s1. The molecule has 756 valence electrons. The zero-order valence-corrected chi connectivity index (χ0v) is 77.9. The number of aliphatic carboxylic acids is 5. The second-order valence-corrected chi connectivity index (χ2v) is 33.5. The number of nitrogens with two attached hydrogens (primary N) is 3. The zero-order chi connectivity index (χ0) is 103. The summed E-state index contributed by atoms with van der Waals surface area (Å²) in [7, 11) is 0. The first-order chi connectivity index (χ1) is 62.7. The van der Waals surface area contributed by atoms with Crippen LogP contribution >= 0.6 is 37.0 Å². The molecule has 0 aliphatic rings. The van der Waals surface area contributed by atoms with Gasteiger partial charge >= 0.3 is 29.8 Å². The first-order valence-corrected chi connectivity index (χ1v) is 44.7. The number of rotatable bonds is 68. The van der Waals surface area contributed by atoms with Crippen LogP contribution in [0.25, 0.3) is 0 Å². The summed E-state index contributed by atoms with van der Waals surface area (Å²) in [5.74, 6) is -33.6. The summed E-state index contributed by atoms with van der Waals surface area (Å²) in [5, 5.41) is 110. The van der Waals surface area contributed by atoms with Crippen molar-refractivity contribution in [2.45, 2.75) is 229 Å². The molecule has 0 heterocycles. The van der Waals surface area contributed by atoms with E-state index in [9.17, 15) is 156 Å². The first-order valence-electron chi connectivity index (χ1n) is 42.0. The van der Waals surface area contributed by atoms with Crippen LogP contribution in [0.4, 0.5) is 0 Å². The second kappa shape index (κ2) is 64.5. The summed E-state index contributed by atoms with van der Waals surface area (Å²) in [6.45, 7) is 5.84. The normalized spacial score (nSPS) is 14.4. The fourth-order valence-corrected chi connectivity index (χ4v) is 12.6. The Kier molecular flexibility index (Phi) is 58.5. The highest BCUT2D eigenvalue weighted by Crippen LogP contribution is 2.15. The van der Waals surface area contributed by atoms with Gasteiger partial charge in [0.05, 0.1) is 71.2 Å². The van der Waals surface area contributed by atoms with Gasteiger partial charge in [-0.15, -0.1) is 0 Å². The number of thiol groups is 2. The molecule has 0 aromatic rings. The van der Waals surface area contributed by atoms with Crippen LogP contribution in [0.15, 0.2) is 0 Å². The van der Waals surface area contributed by atoms with Crippen molar-refractivity contribution < 1.29 is 156 Å². The number of nitrogens with one attached hydrogen (secondary N) is 19. The van der Waals surface area contributed by atoms with Crippen LogP contribution in [0.5, 0.6) is 0 Å². The number of hydrogen-bond donors (Lipinski definition) is 31. The highest BCUT2D eigenvalue weighted by atomic mass is 32.2. The minimum atomic E-state index is -2.09. The lowest BCUT2D eigenvalue weighted by atomic mass is 10.00. The van der Waals surface area contributed by atoms with Crippen LogP contribution in [0.2, 0.25) is 0 Å². The number of hydrogen-bond acceptors (Lipinski definition) is 32. The highest BCUT2D eigenvalue weighted by Gasteiger charge is 2.40. The molecule has 0 aromatic carbocycles. The van der Waals surface area contributed by atoms with Crippen molar-refractivity contribution in [3.63, 3.8) is 0 Å². The van der Waals surface area contributed by atoms with Crippen molar-refractivity contribution in [1.82, 2.24) is 101 Å². The minimum Gasteiger partial charge on any atom is -0.481 e. The Hall–Kier alpha value is -12.4. The fourth-order valence-electron chi connectivity index (χ4n) is 11.7. The van der Waals surface area contributed by atoms with E-state index in [0.29, 0.717) is 19.4 Å². The van der Waals surface area contributed by atoms with Gasteiger partial charge in [0.1, 0.15) is 84.6 Å². The number of aliphatic hydroxyl groups excluding tert-OH is 2. The molecule has 32 N–H and O–H groups in total. The maximum absolute atomic E-state index is 14.3. The number of aliphatic hydroxyl groups is 2. The maximum atomic E-state index is 14.3. The molecule has 0 aromatic heterocycles. The van der Waals surface area contributed by atoms with Crippen molar-refractivity contribution in [2.24, 2.45) is 40.9 Å². The predicted octanol–water partition coefficient (Wildman–Crippen LogP) is -12.5. The van der Waals surface area contributed by atoms with E-state index in [4.69, 9.17) is 17.2 Å². The van der Waals surface area contributed by atoms with Crippen LogP contribution < -0.4 is 118 Å². The van der Waals surface area contributed by atoms with Crippen molar-refractivity contribution in [3.8, 4) is 0 Å². The number of carboxylic acid groups (broad SMARTS) is 5. The van der Waals surface area contributed by atoms with Gasteiger partial charge < -0.3 is 154 Å². The number of carboxylic acids is 5. The Morgan fingerprint density at radius 3 is 1.01 bits per heavy atom. The van der Waals surface area contributed by atoms with Gasteiger partial charge in [-0.3, -0.25) is 115 Å². The van der Waals surface area contributed by atoms with Crippen LogP contribution in [-0.2, 0) is 120 Å². The molecule has 0 unspecified atom stereocenters. The van der Waals surface area contributed by atoms with Gasteiger partial charge in [-0.1, -0.05) is 55.4 Å². The smallest absolute Gasteiger partial charge is 0.326 e. The molecule has 0 rings (SSSR count). The Labute approximate surface area is 784 Å². The molecule has 0 saturated carbocycles. The van der Waals surface area contributed by atoms with Gasteiger partial charge in [0, 0.05) is 24.3 Å². The van der Waals surface area contributed by atoms with Crippen molar-refractivity contribution in [3.05, 3.63) is 0 Å². The van der Waals surface area contributed by atoms with Crippen LogP contribution in [0.1, 0.15) is 139 Å². The Morgan fingerprint density at radius 2 is 0.619 bits per heavy atom. The third-order valence-electron chi connectivity index (χ3n) is 18.8. The molecule has 57 heteroatoms. The fraction of sp³-hybridized carbons (Fsp3) is 0.675. The third kappa shape index (κ3) is 49.9. The molecular formula is C77H128N22O32S3. The molecule has 0 radical (unpaired) electrons. The van der Waals surface area contributed by atoms with Crippen LogP contribution in [-0.4, -0.2) is 350 Å². The summed E-state index contributed by atoms with van der Waals surface area (Å²) >= 11 is 9.22. The molecule has 54 nitrogen and oxygen atoms in total. The molecule has 0 fully saturated rings. The molecule has 0 spiro atoms. The molecule has 15 atom stereocenters. The second-order valence-electron chi connectivity index (χ2n) is 31.8. The molecule has 0 aliphatic carbocycles. The summed E-state index contributed by atoms with van der Waals surface area (Å²) < 4.78 is 0. The van der Waals surface area contributed by atoms with E-state index in [1.54, 1.807) is 34.0 Å². The number of primary amides is 1. The van der Waals surface area contributed by atoms with Crippen molar-refractivity contribution in [1.29, 1.82) is 0 Å². The molecule has 0 bridgehead atoms. The van der Waals surface area contributed by atoms with Gasteiger partial charge in [0.25, 0.3) is 0 Å². The largest absolute Gasteiger partial charge is 0.481 e. The van der Waals surface area contributed by atoms with Gasteiger partial charge in [0.15, 0.2) is 0 Å². The van der Waals surface area contributed by atoms with E-state index in [-0.39, 0.29) is 43.1 Å². The number of unbranched alkanes of at least 4 members (excludes halogenated alkanes) is 1. The van der Waals surface area contributed by atoms with E-state index in [1.807, 2.05) is 5.32 Å². The highest BCUT2D eigenvalue weighted by molar-refractivity contribution is 7.98. The summed E-state index contributed by atoms with van der Waals surface area (Å²) in [4.78, 5) is 327. The van der Waals surface area contributed by atoms with Gasteiger partial charge in [-0.2, -0.15) is 37.0 Å². The van der Waals surface area contributed by atoms with E-state index in [0.717, 1.165) is 11.8 Å². The molecule has 20 amide bonds. The average molecular weight is 1970 g/mol. The number of thioether (sulfide) groups is 1. The summed E-state index contributed by atoms with van der Waals surface area (Å²) in [6.07, 6.45) is -4.07. The zero-order valence-electron chi connectivity index (χ0n) is 75.3. The molecule has 0 aliphatic heterocycles. The number of carbonyl (C=O) groups is 25. The maximum Gasteiger partial charge on any atom is 0.326 e. The monoisotopic (exact) mass is 1970 g/mol. The number of amides is 20. The van der Waals surface area contributed by atoms with Crippen molar-refractivity contribution >= 4 is 185 Å². The molecular weight excluding hydrogens is 1840 g/mol. The Bertz CT molecular complexity index is 4100. The topological polar surface area (TPSA) is 875 Å². The third-order valence-corrected chi connectivity index (χ3v) is 20.2. The predicted molar refractivity (Wildman–Crippen MR) is 476 cm³/mol. The average Bonchev–Trinajstić information content (AvgIpc) is 0.849. The van der Waals surface area contributed by atoms with Crippen LogP contribution in [0.3, 0.4) is 0 Å². The lowest BCUT2D eigenvalue weighted by molar-refractivity contribution is -0.143. The van der Waals surface area contributed by atoms with E-state index in [2.05, 4.69) is 121 Å². The quantitative estimate of drug-likeness (QED) is 0.0199. The van der Waals surface area contributed by atoms with Gasteiger partial charge in [0.2, 0.25) is 118 Å². The lowest BCUT2D eigenvalue weighted by Gasteiger charge is -2.29. The summed E-state index contributed by atoms with van der Waals surface area (Å²) in [5.41, 5.74) is 16.5. The van der Waals surface area contributed by atoms with E-state index in [1.165, 1.54) is 27.7 Å². The van der Waals surface area contributed by atoms with E-state index >= 15 is 0 Å². The lowest BCUT2D eigenvalue weighted by Crippen LogP contribution is -2.62. The molecule has 0 saturated heterocycles. The minimum absolute atomic E-state index is 0.0123. The Morgan fingerprint density at radius 1 is 0.313 bits per heavy atom. The van der Waals surface area contributed by atoms with Gasteiger partial charge in [-0.25, -0.2) is 4.79 Å². The van der Waals surface area contributed by atoms with Gasteiger partial charge in [-0.05, 0) is 93.6 Å². The van der Waals surface area contributed by atoms with Crippen molar-refractivity contribution in [2.75, 3.05) is 76.0 Å². The SMILES string of the molecule is CSCC[C@H](NC(=O)[C@@H](NC(=O)[C@H](CCC(N)=O)NC(=O)CNC(=O)[C@H](CC(=O)O)NC(=O)[C@H](CCC(=O)O)NC(=O)[C@H](CC(C)C)NC(=O)[C@@H](N)CS)C(C)C)C(=O)N[C@@H](CC(=O)O)C(=O)N[C@H](C(=O)N[C@@H](CC(=O)O)C(=O)N[C@@H](CC(C)C)C(=O)N[C@@H](CS)C(=O)NCC(=O)NCC(=O)N[C@@H](CO)C(=O)N[C@@H](CO)C(=O)NCC(=O)NCC(=O)N[C@@H](CCCCN)C(=O)O)C(C)C. The van der Waals surface area contributed by atoms with E-state index < -0.39 is 353 Å². The summed E-state index contributed by atoms with van der Waals surface area (Å²) in [6, 6.07) is -25.4. The first kappa shape index (κ1) is 122. The Balaban J connectivity index is 6.46. The number of carbonyl (C=O) groups excluding carboxylic acids is 20.